The highest BCUT2D eigenvalue weighted by Crippen LogP contribution is 2.30. The summed E-state index contributed by atoms with van der Waals surface area (Å²) in [5.41, 5.74) is 1.38. The van der Waals surface area contributed by atoms with Crippen molar-refractivity contribution >= 4 is 49.9 Å². The first-order chi connectivity index (χ1) is 8.10. The Hall–Kier alpha value is -1.28. The van der Waals surface area contributed by atoms with E-state index in [0.717, 1.165) is 5.56 Å². The van der Waals surface area contributed by atoms with Crippen molar-refractivity contribution in [2.75, 3.05) is 5.23 Å². The van der Waals surface area contributed by atoms with Crippen LogP contribution >= 0.6 is 31.9 Å². The molecule has 1 aromatic rings. The minimum atomic E-state index is -1.14. The maximum absolute atomic E-state index is 10.9. The number of halogens is 2. The lowest BCUT2D eigenvalue weighted by Gasteiger charge is -2.23. The zero-order chi connectivity index (χ0) is 12.4. The molecule has 17 heavy (non-hydrogen) atoms. The minimum absolute atomic E-state index is 0.375. The van der Waals surface area contributed by atoms with Crippen molar-refractivity contribution in [1.29, 1.82) is 0 Å². The van der Waals surface area contributed by atoms with Gasteiger partial charge in [0, 0.05) is 9.80 Å². The number of carbonyl (C=O) groups excluding carboxylic acids is 2. The summed E-state index contributed by atoms with van der Waals surface area (Å²) in [4.78, 5) is 30.9. The van der Waals surface area contributed by atoms with Crippen LogP contribution in [0.2, 0.25) is 0 Å². The highest BCUT2D eigenvalue weighted by atomic mass is 79.9. The van der Waals surface area contributed by atoms with E-state index >= 15 is 0 Å². The summed E-state index contributed by atoms with van der Waals surface area (Å²) in [7, 11) is 0. The molecule has 0 unspecified atom stereocenters. The molecule has 1 fully saturated rings. The Kier molecular flexibility index (Phi) is 3.53. The van der Waals surface area contributed by atoms with Gasteiger partial charge in [0.1, 0.15) is 5.69 Å². The summed E-state index contributed by atoms with van der Waals surface area (Å²) in [5, 5.41) is 1.37. The van der Waals surface area contributed by atoms with Crippen molar-refractivity contribution in [3.63, 3.8) is 0 Å². The fourth-order valence-electron chi connectivity index (χ4n) is 1.14. The van der Waals surface area contributed by atoms with E-state index in [-0.39, 0.29) is 0 Å². The molecule has 2 rings (SSSR count). The van der Waals surface area contributed by atoms with Crippen LogP contribution in [0.5, 0.6) is 0 Å². The number of benzene rings is 1. The zero-order valence-electron chi connectivity index (χ0n) is 8.18. The molecule has 0 N–H and O–H groups in total. The molecule has 1 saturated heterocycles. The molecule has 6 nitrogen and oxygen atoms in total. The van der Waals surface area contributed by atoms with E-state index in [1.54, 1.807) is 18.2 Å². The Bertz CT molecular complexity index is 462. The summed E-state index contributed by atoms with van der Waals surface area (Å²) < 4.78 is 4.64. The minimum Gasteiger partial charge on any atom is -0.324 e. The molecule has 0 bridgehead atoms. The van der Waals surface area contributed by atoms with Crippen LogP contribution in [0.4, 0.5) is 15.3 Å². The third kappa shape index (κ3) is 2.70. The first-order valence-corrected chi connectivity index (χ1v) is 6.28. The Morgan fingerprint density at radius 1 is 1.18 bits per heavy atom. The Balaban J connectivity index is 2.27. The second kappa shape index (κ2) is 4.92. The summed E-state index contributed by atoms with van der Waals surface area (Å²) in [6, 6.07) is 5.21. The SMILES string of the molecule is O=C1OC(=O)ON(c2ccc(CBr)cc2Br)O1. The molecule has 0 aromatic heterocycles. The van der Waals surface area contributed by atoms with Gasteiger partial charge in [-0.1, -0.05) is 22.0 Å². The molecule has 1 aliphatic heterocycles. The number of nitrogens with zero attached hydrogens (tertiary/aromatic N) is 1. The van der Waals surface area contributed by atoms with E-state index in [0.29, 0.717) is 20.7 Å². The number of hydrogen-bond acceptors (Lipinski definition) is 6. The molecule has 8 heteroatoms. The van der Waals surface area contributed by atoms with Crippen LogP contribution in [0.15, 0.2) is 22.7 Å². The third-order valence-electron chi connectivity index (χ3n) is 1.84. The van der Waals surface area contributed by atoms with Gasteiger partial charge < -0.3 is 4.74 Å². The first-order valence-electron chi connectivity index (χ1n) is 4.36. The molecular formula is C9H5Br2NO5. The predicted octanol–water partition coefficient (Wildman–Crippen LogP) is 3.28. The number of anilines is 1. The zero-order valence-corrected chi connectivity index (χ0v) is 11.4. The molecule has 0 spiro atoms. The summed E-state index contributed by atoms with van der Waals surface area (Å²) in [6.45, 7) is 0. The van der Waals surface area contributed by atoms with Crippen molar-refractivity contribution in [3.8, 4) is 0 Å². The van der Waals surface area contributed by atoms with Gasteiger partial charge in [-0.3, -0.25) is 9.68 Å². The summed E-state index contributed by atoms with van der Waals surface area (Å²) in [6.07, 6.45) is -2.28. The summed E-state index contributed by atoms with van der Waals surface area (Å²) >= 11 is 6.58. The average Bonchev–Trinajstić information content (AvgIpc) is 2.27. The van der Waals surface area contributed by atoms with Crippen LogP contribution < -0.4 is 5.23 Å². The van der Waals surface area contributed by atoms with E-state index in [9.17, 15) is 9.59 Å². The van der Waals surface area contributed by atoms with Crippen molar-refractivity contribution in [3.05, 3.63) is 28.2 Å². The van der Waals surface area contributed by atoms with Crippen LogP contribution in [-0.2, 0) is 19.7 Å². The van der Waals surface area contributed by atoms with Gasteiger partial charge in [0.15, 0.2) is 0 Å². The Labute approximate surface area is 113 Å². The van der Waals surface area contributed by atoms with Gasteiger partial charge in [-0.2, -0.15) is 0 Å². The number of hydrogen-bond donors (Lipinski definition) is 0. The third-order valence-corrected chi connectivity index (χ3v) is 3.13. The molecule has 1 aliphatic rings. The van der Waals surface area contributed by atoms with Crippen molar-refractivity contribution in [1.82, 2.24) is 0 Å². The van der Waals surface area contributed by atoms with Gasteiger partial charge in [-0.25, -0.2) is 9.59 Å². The maximum Gasteiger partial charge on any atom is 0.546 e. The number of alkyl halides is 1. The number of carbonyl (C=O) groups is 2. The normalized spacial score (nSPS) is 15.1. The van der Waals surface area contributed by atoms with E-state index in [1.165, 1.54) is 0 Å². The molecule has 0 aliphatic carbocycles. The fourth-order valence-corrected chi connectivity index (χ4v) is 2.06. The average molecular weight is 367 g/mol. The van der Waals surface area contributed by atoms with Gasteiger partial charge in [0.05, 0.1) is 0 Å². The lowest BCUT2D eigenvalue weighted by molar-refractivity contribution is -0.0915. The second-order valence-electron chi connectivity index (χ2n) is 2.96. The first kappa shape index (κ1) is 12.2. The summed E-state index contributed by atoms with van der Waals surface area (Å²) in [5.74, 6) is 0. The molecule has 1 aromatic carbocycles. The Morgan fingerprint density at radius 3 is 2.35 bits per heavy atom. The van der Waals surface area contributed by atoms with E-state index in [1.807, 2.05) is 0 Å². The molecule has 0 atom stereocenters. The van der Waals surface area contributed by atoms with Crippen LogP contribution in [0, 0.1) is 0 Å². The second-order valence-corrected chi connectivity index (χ2v) is 4.38. The maximum atomic E-state index is 10.9. The fraction of sp³-hybridized carbons (Fsp3) is 0.111. The highest BCUT2D eigenvalue weighted by Gasteiger charge is 2.30. The molecule has 0 saturated carbocycles. The lowest BCUT2D eigenvalue weighted by atomic mass is 10.2. The monoisotopic (exact) mass is 365 g/mol. The van der Waals surface area contributed by atoms with Crippen molar-refractivity contribution in [2.45, 2.75) is 5.33 Å². The Morgan fingerprint density at radius 2 is 1.82 bits per heavy atom. The standard InChI is InChI=1S/C9H5Br2NO5/c10-4-5-1-2-7(6(11)3-5)12-16-8(13)15-9(14)17-12/h1-3H,4H2. The van der Waals surface area contributed by atoms with Gasteiger partial charge in [0.25, 0.3) is 0 Å². The van der Waals surface area contributed by atoms with E-state index < -0.39 is 12.3 Å². The van der Waals surface area contributed by atoms with Gasteiger partial charge in [-0.15, -0.1) is 0 Å². The van der Waals surface area contributed by atoms with Gasteiger partial charge in [-0.05, 0) is 38.9 Å². The molecule has 90 valence electrons. The number of ether oxygens (including phenoxy) is 1. The topological polar surface area (TPSA) is 65.1 Å². The smallest absolute Gasteiger partial charge is 0.324 e. The predicted molar refractivity (Wildman–Crippen MR) is 63.3 cm³/mol. The van der Waals surface area contributed by atoms with Crippen LogP contribution in [0.25, 0.3) is 0 Å². The van der Waals surface area contributed by atoms with Crippen LogP contribution in [0.1, 0.15) is 5.56 Å². The number of cyclic esters (lactones) is 2. The highest BCUT2D eigenvalue weighted by molar-refractivity contribution is 9.10. The van der Waals surface area contributed by atoms with Crippen molar-refractivity contribution < 1.29 is 24.0 Å². The largest absolute Gasteiger partial charge is 0.546 e. The van der Waals surface area contributed by atoms with E-state index in [4.69, 9.17) is 0 Å². The molecule has 0 radical (unpaired) electrons. The van der Waals surface area contributed by atoms with Gasteiger partial charge >= 0.3 is 12.3 Å². The molecule has 1 heterocycles. The van der Waals surface area contributed by atoms with Crippen LogP contribution in [0.3, 0.4) is 0 Å². The van der Waals surface area contributed by atoms with Crippen molar-refractivity contribution in [2.24, 2.45) is 0 Å². The quantitative estimate of drug-likeness (QED) is 0.454. The van der Waals surface area contributed by atoms with Crippen LogP contribution in [-0.4, -0.2) is 12.3 Å². The molecular weight excluding hydrogens is 362 g/mol. The lowest BCUT2D eigenvalue weighted by Crippen LogP contribution is -2.37. The molecule has 0 amide bonds. The number of rotatable bonds is 2. The van der Waals surface area contributed by atoms with Gasteiger partial charge in [0.2, 0.25) is 0 Å². The van der Waals surface area contributed by atoms with E-state index in [2.05, 4.69) is 46.3 Å².